The van der Waals surface area contributed by atoms with E-state index in [4.69, 9.17) is 0 Å². The number of carbonyl (C=O) groups is 2. The van der Waals surface area contributed by atoms with Crippen LogP contribution in [0.5, 0.6) is 0 Å². The van der Waals surface area contributed by atoms with E-state index < -0.39 is 0 Å². The van der Waals surface area contributed by atoms with Gasteiger partial charge in [0.25, 0.3) is 5.91 Å². The van der Waals surface area contributed by atoms with Crippen LogP contribution in [0.25, 0.3) is 17.1 Å². The van der Waals surface area contributed by atoms with E-state index >= 15 is 0 Å². The minimum atomic E-state index is -0.107. The van der Waals surface area contributed by atoms with Crippen LogP contribution in [0.2, 0.25) is 0 Å². The highest BCUT2D eigenvalue weighted by atomic mass is 16.2. The van der Waals surface area contributed by atoms with Gasteiger partial charge >= 0.3 is 0 Å². The van der Waals surface area contributed by atoms with Crippen molar-refractivity contribution >= 4 is 11.8 Å². The zero-order valence-electron chi connectivity index (χ0n) is 15.4. The number of carbonyl (C=O) groups excluding carboxylic acids is 2. The van der Waals surface area contributed by atoms with Crippen LogP contribution in [-0.4, -0.2) is 56.1 Å². The van der Waals surface area contributed by atoms with Gasteiger partial charge < -0.3 is 10.2 Å². The predicted octanol–water partition coefficient (Wildman–Crippen LogP) is 1.68. The summed E-state index contributed by atoms with van der Waals surface area (Å²) < 4.78 is 1.64. The number of hydrogen-bond donors (Lipinski definition) is 1. The average molecular weight is 376 g/mol. The number of nitrogens with zero attached hydrogens (tertiary/aromatic N) is 5. The van der Waals surface area contributed by atoms with Crippen molar-refractivity contribution in [3.63, 3.8) is 0 Å². The second kappa shape index (κ2) is 7.59. The number of hydrogen-bond acceptors (Lipinski definition) is 5. The Bertz CT molecular complexity index is 1000. The number of nitrogens with one attached hydrogen (secondary N) is 1. The summed E-state index contributed by atoms with van der Waals surface area (Å²) in [7, 11) is 0. The third-order valence-corrected chi connectivity index (χ3v) is 4.81. The maximum atomic E-state index is 13.1. The molecule has 0 saturated carbocycles. The van der Waals surface area contributed by atoms with Gasteiger partial charge in [0, 0.05) is 36.7 Å². The maximum absolute atomic E-state index is 13.1. The summed E-state index contributed by atoms with van der Waals surface area (Å²) in [5, 5.41) is 14.8. The Morgan fingerprint density at radius 1 is 1.14 bits per heavy atom. The Morgan fingerprint density at radius 3 is 2.79 bits per heavy atom. The van der Waals surface area contributed by atoms with Crippen LogP contribution in [0.15, 0.2) is 54.6 Å². The first-order chi connectivity index (χ1) is 13.6. The molecule has 0 aliphatic carbocycles. The van der Waals surface area contributed by atoms with Crippen LogP contribution < -0.4 is 5.32 Å². The van der Waals surface area contributed by atoms with Gasteiger partial charge in [0.15, 0.2) is 5.82 Å². The molecular weight excluding hydrogens is 356 g/mol. The number of rotatable bonds is 3. The Kier molecular flexibility index (Phi) is 4.84. The molecule has 3 aromatic rings. The quantitative estimate of drug-likeness (QED) is 0.751. The zero-order chi connectivity index (χ0) is 19.5. The molecule has 0 unspecified atom stereocenters. The van der Waals surface area contributed by atoms with E-state index in [1.807, 2.05) is 49.4 Å². The smallest absolute Gasteiger partial charge is 0.254 e. The standard InChI is InChI=1S/C20H20N6O2/c1-14-13-21-18(27)10-11-25(14)20(28)16-7-5-6-15(12-16)19-22-23-24-26(19)17-8-3-2-4-9-17/h2-9,12,14H,10-11,13H2,1H3,(H,21,27)/t14-/m0/s1. The Hall–Kier alpha value is -3.55. The summed E-state index contributed by atoms with van der Waals surface area (Å²) in [6.45, 7) is 2.79. The van der Waals surface area contributed by atoms with E-state index in [0.717, 1.165) is 11.3 Å². The van der Waals surface area contributed by atoms with Gasteiger partial charge in [-0.3, -0.25) is 9.59 Å². The van der Waals surface area contributed by atoms with E-state index in [-0.39, 0.29) is 17.9 Å². The van der Waals surface area contributed by atoms with Crippen LogP contribution in [0.3, 0.4) is 0 Å². The van der Waals surface area contributed by atoms with Crippen molar-refractivity contribution in [2.75, 3.05) is 13.1 Å². The SMILES string of the molecule is C[C@H]1CNC(=O)CCN1C(=O)c1cccc(-c2nnnn2-c2ccccc2)c1. The fourth-order valence-corrected chi connectivity index (χ4v) is 3.27. The van der Waals surface area contributed by atoms with Crippen LogP contribution in [-0.2, 0) is 4.79 Å². The lowest BCUT2D eigenvalue weighted by atomic mass is 10.1. The molecule has 1 atom stereocenters. The van der Waals surface area contributed by atoms with Crippen molar-refractivity contribution in [2.24, 2.45) is 0 Å². The first-order valence-electron chi connectivity index (χ1n) is 9.15. The van der Waals surface area contributed by atoms with Gasteiger partial charge in [-0.1, -0.05) is 30.3 Å². The second-order valence-electron chi connectivity index (χ2n) is 6.73. The third-order valence-electron chi connectivity index (χ3n) is 4.81. The van der Waals surface area contributed by atoms with Crippen LogP contribution >= 0.6 is 0 Å². The molecule has 2 heterocycles. The molecular formula is C20H20N6O2. The normalized spacial score (nSPS) is 17.1. The predicted molar refractivity (Wildman–Crippen MR) is 103 cm³/mol. The molecule has 8 nitrogen and oxygen atoms in total. The van der Waals surface area contributed by atoms with E-state index in [2.05, 4.69) is 20.8 Å². The Labute approximate surface area is 162 Å². The van der Waals surface area contributed by atoms with E-state index in [9.17, 15) is 9.59 Å². The molecule has 2 aromatic carbocycles. The second-order valence-corrected chi connectivity index (χ2v) is 6.73. The van der Waals surface area contributed by atoms with Gasteiger partial charge in [0.2, 0.25) is 5.91 Å². The molecule has 1 aliphatic rings. The summed E-state index contributed by atoms with van der Waals surface area (Å²) in [5.41, 5.74) is 2.13. The minimum Gasteiger partial charge on any atom is -0.354 e. The summed E-state index contributed by atoms with van der Waals surface area (Å²) in [6, 6.07) is 16.8. The number of para-hydroxylation sites is 1. The van der Waals surface area contributed by atoms with E-state index in [1.54, 1.807) is 21.7 Å². The van der Waals surface area contributed by atoms with Gasteiger partial charge in [0.05, 0.1) is 5.69 Å². The number of aromatic nitrogens is 4. The highest BCUT2D eigenvalue weighted by Gasteiger charge is 2.25. The van der Waals surface area contributed by atoms with Gasteiger partial charge in [-0.05, 0) is 41.6 Å². The van der Waals surface area contributed by atoms with Crippen LogP contribution in [0.4, 0.5) is 0 Å². The highest BCUT2D eigenvalue weighted by molar-refractivity contribution is 5.96. The molecule has 142 valence electrons. The largest absolute Gasteiger partial charge is 0.354 e. The molecule has 1 aromatic heterocycles. The molecule has 4 rings (SSSR count). The Balaban J connectivity index is 1.65. The van der Waals surface area contributed by atoms with Crippen molar-refractivity contribution in [1.82, 2.24) is 30.4 Å². The van der Waals surface area contributed by atoms with Crippen molar-refractivity contribution in [3.05, 3.63) is 60.2 Å². The minimum absolute atomic E-state index is 0.0297. The van der Waals surface area contributed by atoms with Gasteiger partial charge in [-0.2, -0.15) is 4.68 Å². The summed E-state index contributed by atoms with van der Waals surface area (Å²) in [6.07, 6.45) is 0.308. The summed E-state index contributed by atoms with van der Waals surface area (Å²) >= 11 is 0. The topological polar surface area (TPSA) is 93.0 Å². The van der Waals surface area contributed by atoms with Crippen LogP contribution in [0.1, 0.15) is 23.7 Å². The fourth-order valence-electron chi connectivity index (χ4n) is 3.27. The maximum Gasteiger partial charge on any atom is 0.254 e. The summed E-state index contributed by atoms with van der Waals surface area (Å²) in [4.78, 5) is 26.4. The Morgan fingerprint density at radius 2 is 1.96 bits per heavy atom. The lowest BCUT2D eigenvalue weighted by Gasteiger charge is -2.26. The lowest BCUT2D eigenvalue weighted by Crippen LogP contribution is -2.41. The molecule has 0 bridgehead atoms. The molecule has 1 aliphatic heterocycles. The average Bonchev–Trinajstić information content (AvgIpc) is 3.16. The summed E-state index contributed by atoms with van der Waals surface area (Å²) in [5.74, 6) is 0.420. The molecule has 0 radical (unpaired) electrons. The van der Waals surface area contributed by atoms with Gasteiger partial charge in [0.1, 0.15) is 0 Å². The number of tetrazole rings is 1. The molecule has 1 N–H and O–H groups in total. The van der Waals surface area contributed by atoms with Crippen LogP contribution in [0, 0.1) is 0 Å². The molecule has 1 fully saturated rings. The lowest BCUT2D eigenvalue weighted by molar-refractivity contribution is -0.120. The van der Waals surface area contributed by atoms with Gasteiger partial charge in [-0.15, -0.1) is 5.10 Å². The monoisotopic (exact) mass is 376 g/mol. The molecule has 0 spiro atoms. The van der Waals surface area contributed by atoms with Crippen molar-refractivity contribution in [1.29, 1.82) is 0 Å². The molecule has 2 amide bonds. The molecule has 1 saturated heterocycles. The first-order valence-corrected chi connectivity index (χ1v) is 9.15. The fraction of sp³-hybridized carbons (Fsp3) is 0.250. The van der Waals surface area contributed by atoms with Gasteiger partial charge in [-0.25, -0.2) is 0 Å². The highest BCUT2D eigenvalue weighted by Crippen LogP contribution is 2.22. The van der Waals surface area contributed by atoms with Crippen molar-refractivity contribution < 1.29 is 9.59 Å². The molecule has 8 heteroatoms. The first kappa shape index (κ1) is 17.8. The zero-order valence-corrected chi connectivity index (χ0v) is 15.4. The third kappa shape index (κ3) is 3.48. The van der Waals surface area contributed by atoms with Crippen molar-refractivity contribution in [3.8, 4) is 17.1 Å². The number of amides is 2. The molecule has 28 heavy (non-hydrogen) atoms. The number of benzene rings is 2. The van der Waals surface area contributed by atoms with E-state index in [1.165, 1.54) is 0 Å². The van der Waals surface area contributed by atoms with E-state index in [0.29, 0.717) is 30.9 Å². The van der Waals surface area contributed by atoms with Crippen molar-refractivity contribution in [2.45, 2.75) is 19.4 Å².